The van der Waals surface area contributed by atoms with E-state index in [1.54, 1.807) is 12.1 Å². The topological polar surface area (TPSA) is 55.4 Å². The molecular formula is C18H21NO3S. The van der Waals surface area contributed by atoms with E-state index in [1.165, 1.54) is 0 Å². The van der Waals surface area contributed by atoms with Crippen LogP contribution < -0.4 is 10.1 Å². The maximum Gasteiger partial charge on any atom is 0.237 e. The first kappa shape index (κ1) is 17.2. The molecule has 0 spiro atoms. The van der Waals surface area contributed by atoms with Crippen molar-refractivity contribution < 1.29 is 13.7 Å². The zero-order valence-corrected chi connectivity index (χ0v) is 14.1. The maximum absolute atomic E-state index is 12.2. The highest BCUT2D eigenvalue weighted by molar-refractivity contribution is 7.85. The molecule has 122 valence electrons. The van der Waals surface area contributed by atoms with Crippen molar-refractivity contribution in [2.75, 3.05) is 11.1 Å². The monoisotopic (exact) mass is 331 g/mol. The summed E-state index contributed by atoms with van der Waals surface area (Å²) in [6.07, 6.45) is 0.0472. The van der Waals surface area contributed by atoms with Gasteiger partial charge in [0.15, 0.2) is 0 Å². The van der Waals surface area contributed by atoms with Crippen molar-refractivity contribution in [1.82, 2.24) is 0 Å². The average molecular weight is 331 g/mol. The van der Waals surface area contributed by atoms with Gasteiger partial charge in [-0.1, -0.05) is 36.4 Å². The van der Waals surface area contributed by atoms with Crippen molar-refractivity contribution in [1.29, 1.82) is 0 Å². The van der Waals surface area contributed by atoms with Gasteiger partial charge in [0.1, 0.15) is 11.5 Å². The van der Waals surface area contributed by atoms with Crippen molar-refractivity contribution in [2.24, 2.45) is 0 Å². The fourth-order valence-corrected chi connectivity index (χ4v) is 3.13. The van der Waals surface area contributed by atoms with Crippen molar-refractivity contribution in [3.05, 3.63) is 60.2 Å². The second-order valence-corrected chi connectivity index (χ2v) is 6.87. The number of carbonyl (C=O) groups is 1. The molecule has 23 heavy (non-hydrogen) atoms. The van der Waals surface area contributed by atoms with Gasteiger partial charge in [0.2, 0.25) is 5.91 Å². The van der Waals surface area contributed by atoms with Gasteiger partial charge < -0.3 is 10.1 Å². The van der Waals surface area contributed by atoms with Crippen LogP contribution in [0.1, 0.15) is 19.4 Å². The van der Waals surface area contributed by atoms with Crippen molar-refractivity contribution in [2.45, 2.75) is 25.7 Å². The molecule has 0 saturated heterocycles. The highest BCUT2D eigenvalue weighted by atomic mass is 32.2. The van der Waals surface area contributed by atoms with Crippen LogP contribution in [0.4, 0.5) is 5.69 Å². The van der Waals surface area contributed by atoms with Crippen LogP contribution in [0.2, 0.25) is 0 Å². The van der Waals surface area contributed by atoms with Gasteiger partial charge in [-0.25, -0.2) is 0 Å². The van der Waals surface area contributed by atoms with Crippen LogP contribution in [0, 0.1) is 0 Å². The Morgan fingerprint density at radius 1 is 1.09 bits per heavy atom. The summed E-state index contributed by atoms with van der Waals surface area (Å²) in [5, 5.41) is 2.74. The first-order chi connectivity index (χ1) is 11.0. The van der Waals surface area contributed by atoms with Crippen LogP contribution in [0.15, 0.2) is 54.6 Å². The third-order valence-electron chi connectivity index (χ3n) is 3.00. The minimum Gasteiger partial charge on any atom is -0.491 e. The van der Waals surface area contributed by atoms with Gasteiger partial charge in [-0.15, -0.1) is 0 Å². The lowest BCUT2D eigenvalue weighted by molar-refractivity contribution is -0.113. The first-order valence-electron chi connectivity index (χ1n) is 7.49. The number of benzene rings is 2. The van der Waals surface area contributed by atoms with Crippen LogP contribution in [0.3, 0.4) is 0 Å². The summed E-state index contributed by atoms with van der Waals surface area (Å²) in [6, 6.07) is 16.6. The van der Waals surface area contributed by atoms with Gasteiger partial charge in [-0.2, -0.15) is 0 Å². The molecule has 0 aliphatic heterocycles. The van der Waals surface area contributed by atoms with Crippen LogP contribution in [0.25, 0.3) is 0 Å². The van der Waals surface area contributed by atoms with E-state index in [2.05, 4.69) is 5.32 Å². The molecule has 0 saturated carbocycles. The minimum absolute atomic E-state index is 0.0368. The van der Waals surface area contributed by atoms with Crippen molar-refractivity contribution >= 4 is 22.4 Å². The largest absolute Gasteiger partial charge is 0.491 e. The highest BCUT2D eigenvalue weighted by Gasteiger charge is 2.12. The second-order valence-electron chi connectivity index (χ2n) is 5.42. The number of ether oxygens (including phenoxy) is 1. The lowest BCUT2D eigenvalue weighted by atomic mass is 10.2. The normalized spacial score (nSPS) is 12.0. The predicted molar refractivity (Wildman–Crippen MR) is 94.0 cm³/mol. The molecule has 4 nitrogen and oxygen atoms in total. The van der Waals surface area contributed by atoms with E-state index in [-0.39, 0.29) is 17.8 Å². The van der Waals surface area contributed by atoms with Crippen molar-refractivity contribution in [3.63, 3.8) is 0 Å². The quantitative estimate of drug-likeness (QED) is 0.846. The molecule has 1 atom stereocenters. The Hall–Kier alpha value is -2.14. The Labute approximate surface area is 139 Å². The summed E-state index contributed by atoms with van der Waals surface area (Å²) in [7, 11) is -1.29. The first-order valence-corrected chi connectivity index (χ1v) is 8.98. The lowest BCUT2D eigenvalue weighted by Crippen LogP contribution is -2.20. The third kappa shape index (κ3) is 5.87. The molecule has 1 unspecified atom stereocenters. The molecule has 1 N–H and O–H groups in total. The minimum atomic E-state index is -1.29. The van der Waals surface area contributed by atoms with E-state index in [0.717, 1.165) is 11.3 Å². The van der Waals surface area contributed by atoms with E-state index >= 15 is 0 Å². The third-order valence-corrected chi connectivity index (χ3v) is 4.22. The van der Waals surface area contributed by atoms with Gasteiger partial charge in [0.25, 0.3) is 0 Å². The number of amides is 1. The number of hydrogen-bond acceptors (Lipinski definition) is 3. The summed E-state index contributed by atoms with van der Waals surface area (Å²) in [5.74, 6) is 0.729. The Morgan fingerprint density at radius 2 is 1.74 bits per heavy atom. The number of rotatable bonds is 7. The summed E-state index contributed by atoms with van der Waals surface area (Å²) >= 11 is 0. The number of carbonyl (C=O) groups excluding carboxylic acids is 1. The Kier molecular flexibility index (Phi) is 6.35. The lowest BCUT2D eigenvalue weighted by Gasteiger charge is -2.14. The second kappa shape index (κ2) is 8.48. The molecule has 0 aromatic heterocycles. The molecule has 0 bridgehead atoms. The molecule has 0 aliphatic carbocycles. The molecule has 1 amide bonds. The summed E-state index contributed by atoms with van der Waals surface area (Å²) in [5.41, 5.74) is 1.56. The SMILES string of the molecule is CC(C)Oc1ccccc1CS(=O)CC(=O)Nc1ccccc1. The molecular weight excluding hydrogens is 310 g/mol. The molecule has 0 aliphatic rings. The molecule has 2 aromatic rings. The Balaban J connectivity index is 1.93. The summed E-state index contributed by atoms with van der Waals surface area (Å²) in [4.78, 5) is 11.9. The van der Waals surface area contributed by atoms with Crippen LogP contribution >= 0.6 is 0 Å². The standard InChI is InChI=1S/C18H21NO3S/c1-14(2)22-17-11-7-6-8-15(17)12-23(21)13-18(20)19-16-9-4-3-5-10-16/h3-11,14H,12-13H2,1-2H3,(H,19,20). The van der Waals surface area contributed by atoms with Crippen molar-refractivity contribution in [3.8, 4) is 5.75 Å². The fourth-order valence-electron chi connectivity index (χ4n) is 2.08. The van der Waals surface area contributed by atoms with Gasteiger partial charge in [-0.3, -0.25) is 9.00 Å². The van der Waals surface area contributed by atoms with Gasteiger partial charge in [0.05, 0.1) is 11.9 Å². The summed E-state index contributed by atoms with van der Waals surface area (Å²) < 4.78 is 18.0. The molecule has 0 heterocycles. The number of hydrogen-bond donors (Lipinski definition) is 1. The van der Waals surface area contributed by atoms with Crippen LogP contribution in [-0.2, 0) is 21.3 Å². The van der Waals surface area contributed by atoms with Crippen LogP contribution in [0.5, 0.6) is 5.75 Å². The summed E-state index contributed by atoms with van der Waals surface area (Å²) in [6.45, 7) is 3.89. The number of nitrogens with one attached hydrogen (secondary N) is 1. The zero-order valence-electron chi connectivity index (χ0n) is 13.3. The van der Waals surface area contributed by atoms with E-state index in [9.17, 15) is 9.00 Å². The molecule has 2 aromatic carbocycles. The van der Waals surface area contributed by atoms with Gasteiger partial charge in [0, 0.05) is 22.1 Å². The molecule has 0 fully saturated rings. The smallest absolute Gasteiger partial charge is 0.237 e. The maximum atomic E-state index is 12.2. The van der Waals surface area contributed by atoms with E-state index in [0.29, 0.717) is 11.4 Å². The van der Waals surface area contributed by atoms with Gasteiger partial charge >= 0.3 is 0 Å². The zero-order chi connectivity index (χ0) is 16.7. The molecule has 2 rings (SSSR count). The van der Waals surface area contributed by atoms with Gasteiger partial charge in [-0.05, 0) is 32.0 Å². The van der Waals surface area contributed by atoms with E-state index in [4.69, 9.17) is 4.74 Å². The Bertz CT molecular complexity index is 671. The average Bonchev–Trinajstić information content (AvgIpc) is 2.49. The van der Waals surface area contributed by atoms with E-state index in [1.807, 2.05) is 56.3 Å². The predicted octanol–water partition coefficient (Wildman–Crippen LogP) is 3.36. The van der Waals surface area contributed by atoms with Crippen LogP contribution in [-0.4, -0.2) is 22.0 Å². The number of anilines is 1. The Morgan fingerprint density at radius 3 is 2.43 bits per heavy atom. The number of para-hydroxylation sites is 2. The molecule has 0 radical (unpaired) electrons. The highest BCUT2D eigenvalue weighted by Crippen LogP contribution is 2.21. The van der Waals surface area contributed by atoms with E-state index < -0.39 is 10.8 Å². The fraction of sp³-hybridized carbons (Fsp3) is 0.278. The molecule has 5 heteroatoms.